The van der Waals surface area contributed by atoms with Gasteiger partial charge in [-0.25, -0.2) is 0 Å². The molecular formula is C13H12N2O4. The van der Waals surface area contributed by atoms with Gasteiger partial charge in [-0.05, 0) is 31.2 Å². The summed E-state index contributed by atoms with van der Waals surface area (Å²) in [6.45, 7) is 2.17. The number of rotatable bonds is 5. The zero-order valence-corrected chi connectivity index (χ0v) is 10.3. The molecule has 19 heavy (non-hydrogen) atoms. The lowest BCUT2D eigenvalue weighted by molar-refractivity contribution is -0.384. The summed E-state index contributed by atoms with van der Waals surface area (Å²) < 4.78 is 5.36. The van der Waals surface area contributed by atoms with Crippen molar-refractivity contribution >= 4 is 17.7 Å². The van der Waals surface area contributed by atoms with Crippen LogP contribution in [0.5, 0.6) is 0 Å². The quantitative estimate of drug-likeness (QED) is 0.507. The van der Waals surface area contributed by atoms with Crippen LogP contribution >= 0.6 is 0 Å². The Bertz CT molecular complexity index is 619. The Labute approximate surface area is 109 Å². The highest BCUT2D eigenvalue weighted by molar-refractivity contribution is 5.79. The van der Waals surface area contributed by atoms with Crippen LogP contribution in [0.4, 0.5) is 11.4 Å². The van der Waals surface area contributed by atoms with E-state index in [1.54, 1.807) is 6.07 Å². The minimum absolute atomic E-state index is 0.132. The van der Waals surface area contributed by atoms with Gasteiger partial charge in [-0.15, -0.1) is 0 Å². The van der Waals surface area contributed by atoms with Gasteiger partial charge in [-0.3, -0.25) is 14.9 Å². The molecule has 1 aromatic heterocycles. The number of carbonyl (C=O) groups excluding carboxylic acids is 1. The number of aldehydes is 1. The zero-order valence-electron chi connectivity index (χ0n) is 10.3. The normalized spacial score (nSPS) is 10.2. The third-order valence-corrected chi connectivity index (χ3v) is 2.60. The Morgan fingerprint density at radius 1 is 1.37 bits per heavy atom. The van der Waals surface area contributed by atoms with E-state index >= 15 is 0 Å². The predicted octanol–water partition coefficient (Wildman–Crippen LogP) is 2.92. The second kappa shape index (κ2) is 5.34. The lowest BCUT2D eigenvalue weighted by Crippen LogP contribution is -2.02. The van der Waals surface area contributed by atoms with Crippen molar-refractivity contribution in [3.8, 4) is 0 Å². The molecule has 2 rings (SSSR count). The maximum Gasteiger partial charge on any atom is 0.293 e. The van der Waals surface area contributed by atoms with Gasteiger partial charge < -0.3 is 9.73 Å². The van der Waals surface area contributed by atoms with Crippen molar-refractivity contribution < 1.29 is 14.1 Å². The third-order valence-electron chi connectivity index (χ3n) is 2.60. The van der Waals surface area contributed by atoms with Crippen LogP contribution in [-0.4, -0.2) is 11.2 Å². The van der Waals surface area contributed by atoms with Crippen molar-refractivity contribution in [3.63, 3.8) is 0 Å². The van der Waals surface area contributed by atoms with E-state index < -0.39 is 4.92 Å². The van der Waals surface area contributed by atoms with Crippen LogP contribution in [0.15, 0.2) is 34.7 Å². The van der Waals surface area contributed by atoms with Gasteiger partial charge in [0.05, 0.1) is 11.5 Å². The van der Waals surface area contributed by atoms with Gasteiger partial charge in [0.1, 0.15) is 23.5 Å². The number of benzene rings is 1. The van der Waals surface area contributed by atoms with Crippen LogP contribution in [0.3, 0.4) is 0 Å². The lowest BCUT2D eigenvalue weighted by Gasteiger charge is -2.05. The maximum absolute atomic E-state index is 10.9. The van der Waals surface area contributed by atoms with Crippen LogP contribution in [-0.2, 0) is 6.54 Å². The maximum atomic E-state index is 10.9. The first kappa shape index (κ1) is 12.8. The molecule has 0 aliphatic rings. The van der Waals surface area contributed by atoms with Crippen molar-refractivity contribution in [2.45, 2.75) is 13.5 Å². The highest BCUT2D eigenvalue weighted by Gasteiger charge is 2.14. The van der Waals surface area contributed by atoms with E-state index in [1.165, 1.54) is 18.2 Å². The minimum Gasteiger partial charge on any atom is -0.465 e. The molecule has 0 aliphatic carbocycles. The number of carbonyl (C=O) groups is 1. The van der Waals surface area contributed by atoms with E-state index in [9.17, 15) is 14.9 Å². The number of furan rings is 1. The number of nitrogens with zero attached hydrogens (tertiary/aromatic N) is 1. The van der Waals surface area contributed by atoms with E-state index in [2.05, 4.69) is 5.32 Å². The first-order chi connectivity index (χ1) is 9.10. The summed E-state index contributed by atoms with van der Waals surface area (Å²) in [5.41, 5.74) is 0.489. The average Bonchev–Trinajstić information content (AvgIpc) is 2.82. The zero-order chi connectivity index (χ0) is 13.8. The average molecular weight is 260 g/mol. The largest absolute Gasteiger partial charge is 0.465 e. The van der Waals surface area contributed by atoms with Crippen LogP contribution in [0, 0.1) is 17.0 Å². The molecule has 0 fully saturated rings. The summed E-state index contributed by atoms with van der Waals surface area (Å²) >= 11 is 0. The first-order valence-corrected chi connectivity index (χ1v) is 5.63. The highest BCUT2D eigenvalue weighted by Crippen LogP contribution is 2.25. The molecule has 0 unspecified atom stereocenters. The van der Waals surface area contributed by atoms with Crippen molar-refractivity contribution in [2.24, 2.45) is 0 Å². The van der Waals surface area contributed by atoms with E-state index in [0.29, 0.717) is 24.3 Å². The van der Waals surface area contributed by atoms with Gasteiger partial charge in [-0.2, -0.15) is 0 Å². The molecule has 0 bridgehead atoms. The number of aryl methyl sites for hydroxylation is 1. The Morgan fingerprint density at radius 3 is 2.74 bits per heavy atom. The van der Waals surface area contributed by atoms with Crippen molar-refractivity contribution in [3.05, 3.63) is 57.5 Å². The molecule has 6 nitrogen and oxygen atoms in total. The Balaban J connectivity index is 2.19. The van der Waals surface area contributed by atoms with Crippen molar-refractivity contribution in [1.82, 2.24) is 0 Å². The fraction of sp³-hybridized carbons (Fsp3) is 0.154. The monoisotopic (exact) mass is 260 g/mol. The second-order valence-corrected chi connectivity index (χ2v) is 4.02. The summed E-state index contributed by atoms with van der Waals surface area (Å²) in [5, 5.41) is 13.9. The van der Waals surface area contributed by atoms with E-state index in [4.69, 9.17) is 4.42 Å². The molecule has 1 heterocycles. The van der Waals surface area contributed by atoms with Gasteiger partial charge in [0.15, 0.2) is 0 Å². The molecule has 0 amide bonds. The molecule has 1 aromatic carbocycles. The summed E-state index contributed by atoms with van der Waals surface area (Å²) in [6, 6.07) is 7.89. The van der Waals surface area contributed by atoms with Gasteiger partial charge in [-0.1, -0.05) is 0 Å². The number of anilines is 1. The van der Waals surface area contributed by atoms with Crippen LogP contribution in [0.25, 0.3) is 0 Å². The molecule has 2 aromatic rings. The molecule has 1 N–H and O–H groups in total. The molecule has 0 saturated carbocycles. The second-order valence-electron chi connectivity index (χ2n) is 4.02. The molecule has 0 radical (unpaired) electrons. The molecule has 6 heteroatoms. The molecule has 0 aliphatic heterocycles. The number of hydrogen-bond donors (Lipinski definition) is 1. The minimum atomic E-state index is -0.525. The van der Waals surface area contributed by atoms with Crippen LogP contribution in [0.1, 0.15) is 21.9 Å². The van der Waals surface area contributed by atoms with Crippen molar-refractivity contribution in [1.29, 1.82) is 0 Å². The molecule has 0 spiro atoms. The number of nitrogens with one attached hydrogen (secondary N) is 1. The summed E-state index contributed by atoms with van der Waals surface area (Å²) in [4.78, 5) is 21.0. The van der Waals surface area contributed by atoms with Gasteiger partial charge in [0, 0.05) is 11.6 Å². The fourth-order valence-corrected chi connectivity index (χ4v) is 1.68. The van der Waals surface area contributed by atoms with Crippen LogP contribution < -0.4 is 5.32 Å². The first-order valence-electron chi connectivity index (χ1n) is 5.63. The van der Waals surface area contributed by atoms with Gasteiger partial charge in [0.25, 0.3) is 5.69 Å². The number of hydrogen-bond acceptors (Lipinski definition) is 5. The van der Waals surface area contributed by atoms with Gasteiger partial charge in [0.2, 0.25) is 0 Å². The summed E-state index contributed by atoms with van der Waals surface area (Å²) in [7, 11) is 0. The Hall–Kier alpha value is -2.63. The number of nitro benzene ring substituents is 1. The Kier molecular flexibility index (Phi) is 3.61. The number of nitro groups is 1. The molecule has 0 atom stereocenters. The SMILES string of the molecule is Cc1ccc(CNc2ccc(C=O)cc2[N+](=O)[O-])o1. The van der Waals surface area contributed by atoms with Gasteiger partial charge >= 0.3 is 0 Å². The topological polar surface area (TPSA) is 85.4 Å². The standard InChI is InChI=1S/C13H12N2O4/c1-9-2-4-11(19-9)7-14-12-5-3-10(8-16)6-13(12)15(17)18/h2-6,8,14H,7H2,1H3. The molecular weight excluding hydrogens is 248 g/mol. The van der Waals surface area contributed by atoms with E-state index in [1.807, 2.05) is 13.0 Å². The fourth-order valence-electron chi connectivity index (χ4n) is 1.68. The summed E-state index contributed by atoms with van der Waals surface area (Å²) in [5.74, 6) is 1.47. The third kappa shape index (κ3) is 2.98. The predicted molar refractivity (Wildman–Crippen MR) is 69.3 cm³/mol. The smallest absolute Gasteiger partial charge is 0.293 e. The van der Waals surface area contributed by atoms with Crippen molar-refractivity contribution in [2.75, 3.05) is 5.32 Å². The molecule has 98 valence electrons. The Morgan fingerprint density at radius 2 is 2.16 bits per heavy atom. The lowest BCUT2D eigenvalue weighted by atomic mass is 10.2. The van der Waals surface area contributed by atoms with E-state index in [-0.39, 0.29) is 11.3 Å². The molecule has 0 saturated heterocycles. The summed E-state index contributed by atoms with van der Waals surface area (Å²) in [6.07, 6.45) is 0.576. The highest BCUT2D eigenvalue weighted by atomic mass is 16.6. The van der Waals surface area contributed by atoms with E-state index in [0.717, 1.165) is 5.76 Å². The van der Waals surface area contributed by atoms with Crippen LogP contribution in [0.2, 0.25) is 0 Å².